The van der Waals surface area contributed by atoms with Gasteiger partial charge in [0.15, 0.2) is 0 Å². The van der Waals surface area contributed by atoms with Gasteiger partial charge >= 0.3 is 0 Å². The molecule has 1 atom stereocenters. The maximum atomic E-state index is 6.17. The Bertz CT molecular complexity index is 661. The maximum Gasteiger partial charge on any atom is 0.143 e. The quantitative estimate of drug-likeness (QED) is 0.877. The Morgan fingerprint density at radius 3 is 2.76 bits per heavy atom. The molecule has 0 fully saturated rings. The van der Waals surface area contributed by atoms with Crippen molar-refractivity contribution >= 4 is 5.69 Å². The highest BCUT2D eigenvalue weighted by molar-refractivity contribution is 5.62. The van der Waals surface area contributed by atoms with Gasteiger partial charge in [-0.15, -0.1) is 6.42 Å². The summed E-state index contributed by atoms with van der Waals surface area (Å²) in [6.45, 7) is 1.83. The minimum Gasteiger partial charge on any atom is -0.482 e. The number of nitrogens with two attached hydrogens (primary N) is 1. The fraction of sp³-hybridized carbons (Fsp3) is 0.222. The minimum absolute atomic E-state index is 0.0138. The zero-order chi connectivity index (χ0) is 14.7. The Kier molecular flexibility index (Phi) is 3.81. The Hall–Kier alpha value is -2.44. The van der Waals surface area contributed by atoms with Crippen molar-refractivity contribution in [3.63, 3.8) is 0 Å². The van der Waals surface area contributed by atoms with E-state index in [1.54, 1.807) is 0 Å². The van der Waals surface area contributed by atoms with Gasteiger partial charge in [-0.2, -0.15) is 0 Å². The molecule has 2 aromatic carbocycles. The predicted octanol–water partition coefficient (Wildman–Crippen LogP) is 2.72. The van der Waals surface area contributed by atoms with Crippen LogP contribution in [-0.2, 0) is 6.54 Å². The topological polar surface area (TPSA) is 38.5 Å². The third-order valence-electron chi connectivity index (χ3n) is 3.71. The number of hydrogen-bond donors (Lipinski definition) is 1. The molecule has 1 unspecified atom stereocenters. The van der Waals surface area contributed by atoms with Crippen LogP contribution in [0, 0.1) is 12.3 Å². The first-order valence-electron chi connectivity index (χ1n) is 7.05. The van der Waals surface area contributed by atoms with E-state index in [0.717, 1.165) is 29.1 Å². The van der Waals surface area contributed by atoms with Crippen LogP contribution in [0.5, 0.6) is 5.75 Å². The normalized spacial score (nSPS) is 16.8. The summed E-state index contributed by atoms with van der Waals surface area (Å²) in [5.74, 6) is 3.58. The van der Waals surface area contributed by atoms with Gasteiger partial charge in [0.05, 0.1) is 18.8 Å². The van der Waals surface area contributed by atoms with Gasteiger partial charge in [0.1, 0.15) is 11.9 Å². The number of nitrogens with zero attached hydrogens (tertiary/aromatic N) is 1. The summed E-state index contributed by atoms with van der Waals surface area (Å²) in [7, 11) is 0. The fourth-order valence-electron chi connectivity index (χ4n) is 2.63. The number of rotatable bonds is 3. The van der Waals surface area contributed by atoms with Gasteiger partial charge in [-0.05, 0) is 23.3 Å². The molecule has 2 aromatic rings. The second kappa shape index (κ2) is 5.90. The molecule has 1 aliphatic rings. The molecular formula is C18H18N2O. The van der Waals surface area contributed by atoms with Crippen molar-refractivity contribution in [1.82, 2.24) is 0 Å². The Labute approximate surface area is 125 Å². The number of hydrogen-bond acceptors (Lipinski definition) is 3. The van der Waals surface area contributed by atoms with Gasteiger partial charge < -0.3 is 15.4 Å². The standard InChI is InChI=1S/C18H18N2O/c1-2-10-20-13-18(15-6-4-3-5-7-15)21-17-11-14(12-19)8-9-16(17)20/h1,3-9,11,18H,10,12-13,19H2. The SMILES string of the molecule is C#CCN1CC(c2ccccc2)Oc2cc(CN)ccc21. The van der Waals surface area contributed by atoms with Crippen LogP contribution in [0.2, 0.25) is 0 Å². The number of fused-ring (bicyclic) bond motifs is 1. The van der Waals surface area contributed by atoms with Crippen molar-refractivity contribution in [3.8, 4) is 18.1 Å². The molecule has 1 heterocycles. The molecule has 3 rings (SSSR count). The van der Waals surface area contributed by atoms with Gasteiger partial charge in [0, 0.05) is 6.54 Å². The summed E-state index contributed by atoms with van der Waals surface area (Å²) < 4.78 is 6.17. The van der Waals surface area contributed by atoms with Crippen molar-refractivity contribution in [2.45, 2.75) is 12.6 Å². The molecule has 0 spiro atoms. The Balaban J connectivity index is 1.97. The molecule has 106 valence electrons. The second-order valence-corrected chi connectivity index (χ2v) is 5.11. The van der Waals surface area contributed by atoms with Crippen molar-refractivity contribution in [1.29, 1.82) is 0 Å². The third-order valence-corrected chi connectivity index (χ3v) is 3.71. The zero-order valence-electron chi connectivity index (χ0n) is 11.8. The van der Waals surface area contributed by atoms with E-state index in [0.29, 0.717) is 13.1 Å². The van der Waals surface area contributed by atoms with E-state index < -0.39 is 0 Å². The lowest BCUT2D eigenvalue weighted by molar-refractivity contribution is 0.198. The highest BCUT2D eigenvalue weighted by Gasteiger charge is 2.26. The molecule has 0 radical (unpaired) electrons. The van der Waals surface area contributed by atoms with E-state index in [4.69, 9.17) is 16.9 Å². The lowest BCUT2D eigenvalue weighted by Crippen LogP contribution is -2.35. The van der Waals surface area contributed by atoms with E-state index in [1.165, 1.54) is 0 Å². The highest BCUT2D eigenvalue weighted by Crippen LogP contribution is 2.38. The Morgan fingerprint density at radius 2 is 2.05 bits per heavy atom. The van der Waals surface area contributed by atoms with E-state index in [9.17, 15) is 0 Å². The molecule has 1 aliphatic heterocycles. The minimum atomic E-state index is -0.0138. The van der Waals surface area contributed by atoms with Crippen LogP contribution < -0.4 is 15.4 Å². The number of anilines is 1. The average molecular weight is 278 g/mol. The number of ether oxygens (including phenoxy) is 1. The van der Waals surface area contributed by atoms with Crippen LogP contribution in [0.1, 0.15) is 17.2 Å². The van der Waals surface area contributed by atoms with Crippen molar-refractivity contribution in [2.75, 3.05) is 18.0 Å². The molecule has 0 aliphatic carbocycles. The first-order chi connectivity index (χ1) is 10.3. The van der Waals surface area contributed by atoms with Crippen LogP contribution >= 0.6 is 0 Å². The van der Waals surface area contributed by atoms with E-state index in [-0.39, 0.29) is 6.10 Å². The lowest BCUT2D eigenvalue weighted by atomic mass is 10.1. The fourth-order valence-corrected chi connectivity index (χ4v) is 2.63. The third kappa shape index (κ3) is 2.72. The Morgan fingerprint density at radius 1 is 1.24 bits per heavy atom. The average Bonchev–Trinajstić information content (AvgIpc) is 2.55. The van der Waals surface area contributed by atoms with Crippen molar-refractivity contribution in [3.05, 3.63) is 59.7 Å². The number of terminal acetylenes is 1. The van der Waals surface area contributed by atoms with Crippen LogP contribution in [0.25, 0.3) is 0 Å². The molecule has 0 aromatic heterocycles. The predicted molar refractivity (Wildman–Crippen MR) is 85.2 cm³/mol. The van der Waals surface area contributed by atoms with Crippen LogP contribution in [0.3, 0.4) is 0 Å². The molecule has 0 bridgehead atoms. The molecule has 2 N–H and O–H groups in total. The maximum absolute atomic E-state index is 6.17. The van der Waals surface area contributed by atoms with Gasteiger partial charge in [-0.25, -0.2) is 0 Å². The summed E-state index contributed by atoms with van der Waals surface area (Å²) in [6.07, 6.45) is 5.49. The summed E-state index contributed by atoms with van der Waals surface area (Å²) in [5.41, 5.74) is 8.97. The summed E-state index contributed by atoms with van der Waals surface area (Å²) in [4.78, 5) is 2.18. The van der Waals surface area contributed by atoms with E-state index in [1.807, 2.05) is 36.4 Å². The van der Waals surface area contributed by atoms with Crippen molar-refractivity contribution in [2.24, 2.45) is 5.73 Å². The zero-order valence-corrected chi connectivity index (χ0v) is 11.8. The van der Waals surface area contributed by atoms with Crippen LogP contribution in [-0.4, -0.2) is 13.1 Å². The smallest absolute Gasteiger partial charge is 0.143 e. The second-order valence-electron chi connectivity index (χ2n) is 5.11. The highest BCUT2D eigenvalue weighted by atomic mass is 16.5. The van der Waals surface area contributed by atoms with Crippen molar-refractivity contribution < 1.29 is 4.74 Å². The summed E-state index contributed by atoms with van der Waals surface area (Å²) in [6, 6.07) is 16.3. The van der Waals surface area contributed by atoms with E-state index >= 15 is 0 Å². The van der Waals surface area contributed by atoms with Gasteiger partial charge in [0.25, 0.3) is 0 Å². The first kappa shape index (κ1) is 13.5. The van der Waals surface area contributed by atoms with E-state index in [2.05, 4.69) is 23.0 Å². The first-order valence-corrected chi connectivity index (χ1v) is 7.05. The largest absolute Gasteiger partial charge is 0.482 e. The summed E-state index contributed by atoms with van der Waals surface area (Å²) >= 11 is 0. The summed E-state index contributed by atoms with van der Waals surface area (Å²) in [5, 5.41) is 0. The molecular weight excluding hydrogens is 260 g/mol. The lowest BCUT2D eigenvalue weighted by Gasteiger charge is -2.35. The molecule has 0 saturated carbocycles. The molecule has 21 heavy (non-hydrogen) atoms. The number of benzene rings is 2. The van der Waals surface area contributed by atoms with Gasteiger partial charge in [-0.3, -0.25) is 0 Å². The van der Waals surface area contributed by atoms with Gasteiger partial charge in [0.2, 0.25) is 0 Å². The van der Waals surface area contributed by atoms with Crippen LogP contribution in [0.4, 0.5) is 5.69 Å². The molecule has 3 heteroatoms. The molecule has 0 amide bonds. The van der Waals surface area contributed by atoms with Crippen LogP contribution in [0.15, 0.2) is 48.5 Å². The monoisotopic (exact) mass is 278 g/mol. The van der Waals surface area contributed by atoms with Gasteiger partial charge in [-0.1, -0.05) is 42.3 Å². The molecule has 0 saturated heterocycles. The molecule has 3 nitrogen and oxygen atoms in total.